The Kier molecular flexibility index (Phi) is 3.76. The SMILES string of the molecule is Cc1cccc(C2(C(=O)NCC3(O)CCOC3)CCC2)c1. The smallest absolute Gasteiger partial charge is 0.230 e. The fraction of sp³-hybridized carbons (Fsp3) is 0.588. The molecule has 0 bridgehead atoms. The van der Waals surface area contributed by atoms with Crippen molar-refractivity contribution in [1.82, 2.24) is 5.32 Å². The van der Waals surface area contributed by atoms with Crippen molar-refractivity contribution in [3.05, 3.63) is 35.4 Å². The summed E-state index contributed by atoms with van der Waals surface area (Å²) in [5.74, 6) is 0.0414. The van der Waals surface area contributed by atoms with E-state index in [1.165, 1.54) is 5.56 Å². The maximum atomic E-state index is 12.7. The van der Waals surface area contributed by atoms with Crippen molar-refractivity contribution in [3.63, 3.8) is 0 Å². The third-order valence-corrected chi connectivity index (χ3v) is 4.87. The Bertz CT molecular complexity index is 531. The average Bonchev–Trinajstić information content (AvgIpc) is 2.83. The molecule has 0 radical (unpaired) electrons. The van der Waals surface area contributed by atoms with Crippen LogP contribution < -0.4 is 5.32 Å². The van der Waals surface area contributed by atoms with Gasteiger partial charge in [0.2, 0.25) is 5.91 Å². The highest BCUT2D eigenvalue weighted by Gasteiger charge is 2.46. The highest BCUT2D eigenvalue weighted by molar-refractivity contribution is 5.89. The summed E-state index contributed by atoms with van der Waals surface area (Å²) in [7, 11) is 0. The third kappa shape index (κ3) is 2.70. The average molecular weight is 289 g/mol. The molecule has 4 nitrogen and oxygen atoms in total. The first-order valence-electron chi connectivity index (χ1n) is 7.70. The van der Waals surface area contributed by atoms with Gasteiger partial charge in [0.25, 0.3) is 0 Å². The summed E-state index contributed by atoms with van der Waals surface area (Å²) in [6, 6.07) is 8.20. The fourth-order valence-electron chi connectivity index (χ4n) is 3.27. The molecule has 1 saturated heterocycles. The van der Waals surface area contributed by atoms with E-state index in [0.29, 0.717) is 19.6 Å². The Hall–Kier alpha value is -1.39. The molecular weight excluding hydrogens is 266 g/mol. The molecule has 1 aromatic rings. The van der Waals surface area contributed by atoms with Gasteiger partial charge < -0.3 is 15.2 Å². The van der Waals surface area contributed by atoms with Gasteiger partial charge in [-0.1, -0.05) is 36.2 Å². The largest absolute Gasteiger partial charge is 0.386 e. The zero-order chi connectivity index (χ0) is 14.9. The van der Waals surface area contributed by atoms with Crippen LogP contribution in [0.25, 0.3) is 0 Å². The zero-order valence-electron chi connectivity index (χ0n) is 12.5. The van der Waals surface area contributed by atoms with Crippen LogP contribution in [0.1, 0.15) is 36.8 Å². The van der Waals surface area contributed by atoms with E-state index in [2.05, 4.69) is 11.4 Å². The van der Waals surface area contributed by atoms with E-state index >= 15 is 0 Å². The minimum atomic E-state index is -0.896. The lowest BCUT2D eigenvalue weighted by atomic mass is 9.63. The normalized spacial score (nSPS) is 27.1. The molecule has 2 N–H and O–H groups in total. The van der Waals surface area contributed by atoms with Crippen LogP contribution in [-0.4, -0.2) is 36.4 Å². The molecule has 4 heteroatoms. The monoisotopic (exact) mass is 289 g/mol. The molecule has 114 valence electrons. The number of amides is 1. The molecular formula is C17H23NO3. The van der Waals surface area contributed by atoms with Gasteiger partial charge in [0.05, 0.1) is 12.0 Å². The highest BCUT2D eigenvalue weighted by atomic mass is 16.5. The summed E-state index contributed by atoms with van der Waals surface area (Å²) in [5.41, 5.74) is 0.977. The molecule has 1 aliphatic carbocycles. The molecule has 0 spiro atoms. The van der Waals surface area contributed by atoms with Gasteiger partial charge in [-0.3, -0.25) is 4.79 Å². The second kappa shape index (κ2) is 5.43. The van der Waals surface area contributed by atoms with E-state index in [0.717, 1.165) is 24.8 Å². The lowest BCUT2D eigenvalue weighted by Gasteiger charge is -2.41. The molecule has 1 unspecified atom stereocenters. The van der Waals surface area contributed by atoms with E-state index in [4.69, 9.17) is 4.74 Å². The van der Waals surface area contributed by atoms with Crippen molar-refractivity contribution < 1.29 is 14.6 Å². The van der Waals surface area contributed by atoms with Crippen molar-refractivity contribution in [2.45, 2.75) is 43.6 Å². The van der Waals surface area contributed by atoms with Crippen LogP contribution in [0.3, 0.4) is 0 Å². The van der Waals surface area contributed by atoms with Crippen LogP contribution in [0.2, 0.25) is 0 Å². The van der Waals surface area contributed by atoms with Gasteiger partial charge in [0.15, 0.2) is 0 Å². The van der Waals surface area contributed by atoms with E-state index < -0.39 is 11.0 Å². The number of hydrogen-bond donors (Lipinski definition) is 2. The molecule has 1 amide bonds. The first-order valence-corrected chi connectivity index (χ1v) is 7.70. The number of rotatable bonds is 4. The van der Waals surface area contributed by atoms with Gasteiger partial charge in [0.1, 0.15) is 5.60 Å². The van der Waals surface area contributed by atoms with E-state index in [-0.39, 0.29) is 12.5 Å². The van der Waals surface area contributed by atoms with E-state index in [1.54, 1.807) is 0 Å². The Morgan fingerprint density at radius 1 is 1.38 bits per heavy atom. The zero-order valence-corrected chi connectivity index (χ0v) is 12.5. The number of hydrogen-bond acceptors (Lipinski definition) is 3. The number of aryl methyl sites for hydroxylation is 1. The lowest BCUT2D eigenvalue weighted by molar-refractivity contribution is -0.131. The van der Waals surface area contributed by atoms with Crippen molar-refractivity contribution in [2.75, 3.05) is 19.8 Å². The summed E-state index contributed by atoms with van der Waals surface area (Å²) in [6.07, 6.45) is 3.44. The van der Waals surface area contributed by atoms with Crippen LogP contribution in [0, 0.1) is 6.92 Å². The summed E-state index contributed by atoms with van der Waals surface area (Å²) >= 11 is 0. The van der Waals surface area contributed by atoms with Crippen molar-refractivity contribution in [1.29, 1.82) is 0 Å². The van der Waals surface area contributed by atoms with Crippen LogP contribution in [0.4, 0.5) is 0 Å². The first kappa shape index (κ1) is 14.5. The minimum Gasteiger partial charge on any atom is -0.386 e. The van der Waals surface area contributed by atoms with E-state index in [1.807, 2.05) is 25.1 Å². The fourth-order valence-corrected chi connectivity index (χ4v) is 3.27. The molecule has 3 rings (SSSR count). The number of benzene rings is 1. The molecule has 2 fully saturated rings. The Balaban J connectivity index is 1.72. The van der Waals surface area contributed by atoms with Crippen molar-refractivity contribution in [3.8, 4) is 0 Å². The van der Waals surface area contributed by atoms with Gasteiger partial charge in [-0.15, -0.1) is 0 Å². The van der Waals surface area contributed by atoms with Gasteiger partial charge >= 0.3 is 0 Å². The standard InChI is InChI=1S/C17H23NO3/c1-13-4-2-5-14(10-13)17(6-3-7-17)15(19)18-11-16(20)8-9-21-12-16/h2,4-5,10,20H,3,6-9,11-12H2,1H3,(H,18,19). The number of aliphatic hydroxyl groups is 1. The predicted molar refractivity (Wildman–Crippen MR) is 80.1 cm³/mol. The van der Waals surface area contributed by atoms with Crippen LogP contribution in [0.15, 0.2) is 24.3 Å². The number of carbonyl (C=O) groups excluding carboxylic acids is 1. The summed E-state index contributed by atoms with van der Waals surface area (Å²) in [4.78, 5) is 12.7. The molecule has 1 aliphatic heterocycles. The summed E-state index contributed by atoms with van der Waals surface area (Å²) < 4.78 is 5.22. The van der Waals surface area contributed by atoms with Gasteiger partial charge in [0, 0.05) is 19.6 Å². The molecule has 2 aliphatic rings. The Morgan fingerprint density at radius 3 is 2.76 bits per heavy atom. The number of carbonyl (C=O) groups is 1. The maximum Gasteiger partial charge on any atom is 0.230 e. The summed E-state index contributed by atoms with van der Waals surface area (Å²) in [5, 5.41) is 13.2. The molecule has 1 atom stereocenters. The quantitative estimate of drug-likeness (QED) is 0.886. The number of ether oxygens (including phenoxy) is 1. The van der Waals surface area contributed by atoms with Gasteiger partial charge in [-0.2, -0.15) is 0 Å². The molecule has 1 saturated carbocycles. The maximum absolute atomic E-state index is 12.7. The molecule has 1 aromatic carbocycles. The molecule has 21 heavy (non-hydrogen) atoms. The van der Waals surface area contributed by atoms with Crippen LogP contribution >= 0.6 is 0 Å². The predicted octanol–water partition coefficient (Wildman–Crippen LogP) is 1.68. The topological polar surface area (TPSA) is 58.6 Å². The highest BCUT2D eigenvalue weighted by Crippen LogP contribution is 2.44. The second-order valence-corrected chi connectivity index (χ2v) is 6.51. The first-order chi connectivity index (χ1) is 10.0. The van der Waals surface area contributed by atoms with Gasteiger partial charge in [-0.05, 0) is 25.3 Å². The van der Waals surface area contributed by atoms with Gasteiger partial charge in [-0.25, -0.2) is 0 Å². The third-order valence-electron chi connectivity index (χ3n) is 4.87. The lowest BCUT2D eigenvalue weighted by Crippen LogP contribution is -2.53. The second-order valence-electron chi connectivity index (χ2n) is 6.51. The van der Waals surface area contributed by atoms with E-state index in [9.17, 15) is 9.90 Å². The minimum absolute atomic E-state index is 0.0414. The number of nitrogens with one attached hydrogen (secondary N) is 1. The Morgan fingerprint density at radius 2 is 2.19 bits per heavy atom. The Labute approximate surface area is 125 Å². The molecule has 0 aromatic heterocycles. The van der Waals surface area contributed by atoms with Crippen molar-refractivity contribution >= 4 is 5.91 Å². The molecule has 1 heterocycles. The van der Waals surface area contributed by atoms with Crippen molar-refractivity contribution in [2.24, 2.45) is 0 Å². The van der Waals surface area contributed by atoms with Crippen LogP contribution in [-0.2, 0) is 14.9 Å². The van der Waals surface area contributed by atoms with Crippen LogP contribution in [0.5, 0.6) is 0 Å². The summed E-state index contributed by atoms with van der Waals surface area (Å²) in [6.45, 7) is 3.20.